The summed E-state index contributed by atoms with van der Waals surface area (Å²) in [5, 5.41) is 2.81. The lowest BCUT2D eigenvalue weighted by atomic mass is 10.2. The van der Waals surface area contributed by atoms with E-state index in [2.05, 4.69) is 27.1 Å². The topological polar surface area (TPSA) is 92.8 Å². The Balaban J connectivity index is 1.62. The maximum atomic E-state index is 14.1. The molecule has 1 aliphatic heterocycles. The molecule has 1 amide bonds. The molecule has 2 heterocycles. The summed E-state index contributed by atoms with van der Waals surface area (Å²) in [6.07, 6.45) is 2.53. The van der Waals surface area contributed by atoms with Crippen molar-refractivity contribution in [2.24, 2.45) is 4.99 Å². The molecule has 1 saturated heterocycles. The largest absolute Gasteiger partial charge is 0.489 e. The van der Waals surface area contributed by atoms with Crippen LogP contribution in [0.2, 0.25) is 0 Å². The van der Waals surface area contributed by atoms with Crippen molar-refractivity contribution in [3.05, 3.63) is 34.6 Å². The highest BCUT2D eigenvalue weighted by Crippen LogP contribution is 2.29. The molecule has 3 rings (SSSR count). The van der Waals surface area contributed by atoms with E-state index in [0.29, 0.717) is 29.4 Å². The summed E-state index contributed by atoms with van der Waals surface area (Å²) >= 11 is 1.16. The second-order valence-electron chi connectivity index (χ2n) is 6.85. The molecule has 1 aromatic carbocycles. The number of benzene rings is 1. The van der Waals surface area contributed by atoms with E-state index >= 15 is 0 Å². The zero-order valence-corrected chi connectivity index (χ0v) is 16.9. The van der Waals surface area contributed by atoms with Crippen molar-refractivity contribution in [2.75, 3.05) is 24.6 Å². The molecule has 0 bridgehead atoms. The van der Waals surface area contributed by atoms with Crippen LogP contribution in [0, 0.1) is 5.95 Å². The van der Waals surface area contributed by atoms with Crippen LogP contribution in [0.15, 0.2) is 23.2 Å². The summed E-state index contributed by atoms with van der Waals surface area (Å²) in [5.74, 6) is -0.0909. The molecule has 9 heteroatoms. The van der Waals surface area contributed by atoms with Crippen molar-refractivity contribution in [2.45, 2.75) is 39.0 Å². The number of carbonyl (C=O) groups is 1. The number of hydrogen-bond acceptors (Lipinski definition) is 7. The van der Waals surface area contributed by atoms with Gasteiger partial charge < -0.3 is 15.8 Å². The van der Waals surface area contributed by atoms with Gasteiger partial charge in [-0.25, -0.2) is 0 Å². The van der Waals surface area contributed by atoms with Gasteiger partial charge in [0.25, 0.3) is 0 Å². The number of ether oxygens (including phenoxy) is 1. The fourth-order valence-electron chi connectivity index (χ4n) is 3.25. The smallest absolute Gasteiger partial charge is 0.230 e. The summed E-state index contributed by atoms with van der Waals surface area (Å²) in [7, 11) is 1.70. The van der Waals surface area contributed by atoms with Crippen LogP contribution in [0.4, 0.5) is 15.2 Å². The van der Waals surface area contributed by atoms with E-state index in [1.165, 1.54) is 6.92 Å². The van der Waals surface area contributed by atoms with Gasteiger partial charge in [-0.15, -0.1) is 0 Å². The fourth-order valence-corrected chi connectivity index (χ4v) is 4.16. The Labute approximate surface area is 167 Å². The Morgan fingerprint density at radius 1 is 1.57 bits per heavy atom. The second-order valence-corrected chi connectivity index (χ2v) is 7.93. The zero-order chi connectivity index (χ0) is 20.3. The van der Waals surface area contributed by atoms with Crippen LogP contribution in [0.3, 0.4) is 0 Å². The van der Waals surface area contributed by atoms with Gasteiger partial charge in [0.05, 0.1) is 4.88 Å². The van der Waals surface area contributed by atoms with Gasteiger partial charge in [-0.05, 0) is 19.1 Å². The number of likely N-dealkylation sites (tertiary alicyclic amines) is 1. The summed E-state index contributed by atoms with van der Waals surface area (Å²) < 4.78 is 20.2. The van der Waals surface area contributed by atoms with Crippen LogP contribution in [0.5, 0.6) is 5.75 Å². The number of carbonyl (C=O) groups excluding carboxylic acids is 1. The molecule has 1 aliphatic rings. The van der Waals surface area contributed by atoms with Gasteiger partial charge in [-0.1, -0.05) is 11.3 Å². The highest BCUT2D eigenvalue weighted by molar-refractivity contribution is 7.15. The van der Waals surface area contributed by atoms with E-state index in [9.17, 15) is 9.18 Å². The fraction of sp³-hybridized carbons (Fsp3) is 0.421. The first-order valence-corrected chi connectivity index (χ1v) is 9.82. The molecule has 7 nitrogen and oxygen atoms in total. The van der Waals surface area contributed by atoms with E-state index in [-0.39, 0.29) is 23.2 Å². The molecule has 2 atom stereocenters. The summed E-state index contributed by atoms with van der Waals surface area (Å²) in [5.41, 5.74) is 7.50. The third-order valence-electron chi connectivity index (χ3n) is 4.57. The van der Waals surface area contributed by atoms with Crippen LogP contribution >= 0.6 is 11.3 Å². The third kappa shape index (κ3) is 4.85. The van der Waals surface area contributed by atoms with Gasteiger partial charge >= 0.3 is 0 Å². The zero-order valence-electron chi connectivity index (χ0n) is 16.1. The van der Waals surface area contributed by atoms with Gasteiger partial charge in [0.15, 0.2) is 5.13 Å². The number of halogens is 1. The first-order valence-electron chi connectivity index (χ1n) is 9.01. The minimum atomic E-state index is -0.536. The normalized spacial score (nSPS) is 20.0. The van der Waals surface area contributed by atoms with Crippen molar-refractivity contribution in [3.63, 3.8) is 0 Å². The number of thiazole rings is 1. The standard InChI is InChI=1S/C19H24FN5O2S/c1-11-6-15(27-14-5-4-13(8-22-3)16(21)7-14)9-25(11)10-17-18(20)24-19(28-17)23-12(2)26/h4-5,7-8,11,15H,6,9-10,21H2,1-3H3,(H,23,24,26)/t11-,15+/m0/s1. The SMILES string of the molecule is CN=Cc1ccc(O[C@@H]2C[C@H](C)N(Cc3sc(NC(C)=O)nc3F)C2)cc1N. The van der Waals surface area contributed by atoms with Crippen molar-refractivity contribution in [1.82, 2.24) is 9.88 Å². The van der Waals surface area contributed by atoms with E-state index < -0.39 is 5.95 Å². The molecule has 0 aliphatic carbocycles. The molecule has 0 saturated carbocycles. The van der Waals surface area contributed by atoms with Gasteiger partial charge in [-0.2, -0.15) is 9.37 Å². The Hall–Kier alpha value is -2.52. The minimum absolute atomic E-state index is 0.00844. The number of hydrogen-bond donors (Lipinski definition) is 2. The Bertz CT molecular complexity index is 885. The Morgan fingerprint density at radius 2 is 2.36 bits per heavy atom. The van der Waals surface area contributed by atoms with E-state index in [0.717, 1.165) is 23.3 Å². The molecule has 0 spiro atoms. The number of nitrogens with zero attached hydrogens (tertiary/aromatic N) is 3. The van der Waals surface area contributed by atoms with Crippen molar-refractivity contribution < 1.29 is 13.9 Å². The molecule has 3 N–H and O–H groups in total. The van der Waals surface area contributed by atoms with E-state index in [1.807, 2.05) is 12.1 Å². The maximum absolute atomic E-state index is 14.1. The van der Waals surface area contributed by atoms with Gasteiger partial charge in [0.1, 0.15) is 11.9 Å². The third-order valence-corrected chi connectivity index (χ3v) is 5.50. The molecule has 0 unspecified atom stereocenters. The molecule has 28 heavy (non-hydrogen) atoms. The van der Waals surface area contributed by atoms with Gasteiger partial charge in [0.2, 0.25) is 11.9 Å². The molecule has 0 radical (unpaired) electrons. The highest BCUT2D eigenvalue weighted by atomic mass is 32.1. The van der Waals surface area contributed by atoms with Crippen LogP contribution in [0.25, 0.3) is 0 Å². The quantitative estimate of drug-likeness (QED) is 0.569. The number of anilines is 2. The Kier molecular flexibility index (Phi) is 6.25. The molecule has 1 aromatic heterocycles. The summed E-state index contributed by atoms with van der Waals surface area (Å²) in [6.45, 7) is 4.56. The first-order chi connectivity index (χ1) is 13.4. The maximum Gasteiger partial charge on any atom is 0.230 e. The van der Waals surface area contributed by atoms with Crippen molar-refractivity contribution in [1.29, 1.82) is 0 Å². The lowest BCUT2D eigenvalue weighted by Gasteiger charge is -2.19. The van der Waals surface area contributed by atoms with Crippen molar-refractivity contribution >= 4 is 34.3 Å². The number of nitrogens with two attached hydrogens (primary N) is 1. The number of nitrogens with one attached hydrogen (secondary N) is 1. The first kappa shape index (κ1) is 20.2. The predicted molar refractivity (Wildman–Crippen MR) is 110 cm³/mol. The van der Waals surface area contributed by atoms with Crippen LogP contribution in [-0.4, -0.2) is 47.7 Å². The number of nitrogen functional groups attached to an aromatic ring is 1. The lowest BCUT2D eigenvalue weighted by molar-refractivity contribution is -0.114. The highest BCUT2D eigenvalue weighted by Gasteiger charge is 2.31. The van der Waals surface area contributed by atoms with Crippen molar-refractivity contribution in [3.8, 4) is 5.75 Å². The number of aromatic nitrogens is 1. The number of rotatable bonds is 6. The second kappa shape index (κ2) is 8.66. The molecule has 150 valence electrons. The number of aliphatic imine (C=N–C) groups is 1. The lowest BCUT2D eigenvalue weighted by Crippen LogP contribution is -2.28. The Morgan fingerprint density at radius 3 is 3.04 bits per heavy atom. The van der Waals surface area contributed by atoms with Crippen LogP contribution in [-0.2, 0) is 11.3 Å². The summed E-state index contributed by atoms with van der Waals surface area (Å²) in [4.78, 5) is 21.5. The summed E-state index contributed by atoms with van der Waals surface area (Å²) in [6, 6.07) is 5.79. The molecule has 1 fully saturated rings. The monoisotopic (exact) mass is 405 g/mol. The molecular formula is C19H24FN5O2S. The number of amides is 1. The molecule has 2 aromatic rings. The minimum Gasteiger partial charge on any atom is -0.489 e. The van der Waals surface area contributed by atoms with E-state index in [1.54, 1.807) is 19.3 Å². The van der Waals surface area contributed by atoms with Crippen LogP contribution in [0.1, 0.15) is 30.7 Å². The molecular weight excluding hydrogens is 381 g/mol. The van der Waals surface area contributed by atoms with E-state index in [4.69, 9.17) is 10.5 Å². The average Bonchev–Trinajstić information content (AvgIpc) is 3.12. The van der Waals surface area contributed by atoms with Crippen LogP contribution < -0.4 is 15.8 Å². The van der Waals surface area contributed by atoms with Gasteiger partial charge in [-0.3, -0.25) is 14.7 Å². The van der Waals surface area contributed by atoms with Gasteiger partial charge in [0, 0.05) is 63.1 Å². The average molecular weight is 405 g/mol. The predicted octanol–water partition coefficient (Wildman–Crippen LogP) is 2.91.